The van der Waals surface area contributed by atoms with Crippen molar-refractivity contribution in [2.24, 2.45) is 0 Å². The van der Waals surface area contributed by atoms with Gasteiger partial charge in [0.2, 0.25) is 0 Å². The number of benzene rings is 2. The fourth-order valence-corrected chi connectivity index (χ4v) is 2.72. The molecule has 0 aromatic heterocycles. The Labute approximate surface area is 128 Å². The molecule has 0 saturated carbocycles. The molecule has 0 radical (unpaired) electrons. The molecule has 0 aliphatic heterocycles. The molecule has 0 aliphatic carbocycles. The van der Waals surface area contributed by atoms with Gasteiger partial charge in [-0.1, -0.05) is 49.7 Å². The highest BCUT2D eigenvalue weighted by atomic mass is 16.3. The second-order valence-corrected chi connectivity index (χ2v) is 5.75. The van der Waals surface area contributed by atoms with Gasteiger partial charge in [0.15, 0.2) is 0 Å². The molecule has 0 saturated heterocycles. The lowest BCUT2D eigenvalue weighted by Gasteiger charge is -2.09. The fraction of sp³-hybridized carbons (Fsp3) is 0.400. The van der Waals surface area contributed by atoms with Crippen LogP contribution in [0.15, 0.2) is 48.5 Å². The summed E-state index contributed by atoms with van der Waals surface area (Å²) >= 11 is 0. The quantitative estimate of drug-likeness (QED) is 0.651. The highest BCUT2D eigenvalue weighted by molar-refractivity contribution is 5.28. The molecule has 112 valence electrons. The van der Waals surface area contributed by atoms with Crippen molar-refractivity contribution < 1.29 is 5.11 Å². The number of aryl methyl sites for hydroxylation is 3. The van der Waals surface area contributed by atoms with Crippen molar-refractivity contribution in [3.05, 3.63) is 65.2 Å². The zero-order chi connectivity index (χ0) is 14.9. The molecule has 0 fully saturated rings. The highest BCUT2D eigenvalue weighted by Crippen LogP contribution is 2.16. The largest absolute Gasteiger partial charge is 0.508 e. The first-order valence-corrected chi connectivity index (χ1v) is 8.14. The van der Waals surface area contributed by atoms with Gasteiger partial charge in [0.05, 0.1) is 0 Å². The van der Waals surface area contributed by atoms with E-state index < -0.39 is 0 Å². The SMILES string of the molecule is CCCCc1ccccc1CCCCc1ccc(O)cc1. The Balaban J connectivity index is 1.79. The molecular weight excluding hydrogens is 256 g/mol. The van der Waals surface area contributed by atoms with Gasteiger partial charge in [-0.05, 0) is 67.3 Å². The summed E-state index contributed by atoms with van der Waals surface area (Å²) in [5, 5.41) is 9.28. The predicted octanol–water partition coefficient (Wildman–Crippen LogP) is 5.30. The van der Waals surface area contributed by atoms with Crippen LogP contribution in [0, 0.1) is 0 Å². The monoisotopic (exact) mass is 282 g/mol. The molecule has 1 nitrogen and oxygen atoms in total. The van der Waals surface area contributed by atoms with E-state index in [9.17, 15) is 5.11 Å². The molecular formula is C20H26O. The van der Waals surface area contributed by atoms with Crippen LogP contribution in [0.5, 0.6) is 5.75 Å². The first-order chi connectivity index (χ1) is 10.3. The van der Waals surface area contributed by atoms with Crippen molar-refractivity contribution in [3.8, 4) is 5.75 Å². The third kappa shape index (κ3) is 5.26. The highest BCUT2D eigenvalue weighted by Gasteiger charge is 2.02. The Kier molecular flexibility index (Phi) is 6.33. The topological polar surface area (TPSA) is 20.2 Å². The first kappa shape index (κ1) is 15.6. The summed E-state index contributed by atoms with van der Waals surface area (Å²) in [6.45, 7) is 2.25. The Hall–Kier alpha value is -1.76. The van der Waals surface area contributed by atoms with Crippen molar-refractivity contribution in [3.63, 3.8) is 0 Å². The predicted molar refractivity (Wildman–Crippen MR) is 89.8 cm³/mol. The van der Waals surface area contributed by atoms with Crippen molar-refractivity contribution >= 4 is 0 Å². The number of hydrogen-bond donors (Lipinski definition) is 1. The molecule has 2 aromatic rings. The van der Waals surface area contributed by atoms with Crippen LogP contribution in [0.2, 0.25) is 0 Å². The Morgan fingerprint density at radius 1 is 0.714 bits per heavy atom. The average molecular weight is 282 g/mol. The standard InChI is InChI=1S/C20H26O/c1-2-3-9-18-11-6-7-12-19(18)10-5-4-8-17-13-15-20(21)16-14-17/h6-7,11-16,21H,2-5,8-10H2,1H3. The van der Waals surface area contributed by atoms with Crippen LogP contribution in [0.4, 0.5) is 0 Å². The van der Waals surface area contributed by atoms with E-state index in [2.05, 4.69) is 31.2 Å². The number of phenols is 1. The van der Waals surface area contributed by atoms with Gasteiger partial charge in [0.1, 0.15) is 5.75 Å². The molecule has 0 amide bonds. The molecule has 0 bridgehead atoms. The number of hydrogen-bond acceptors (Lipinski definition) is 1. The number of aromatic hydroxyl groups is 1. The van der Waals surface area contributed by atoms with E-state index in [-0.39, 0.29) is 0 Å². The van der Waals surface area contributed by atoms with Gasteiger partial charge in [0, 0.05) is 0 Å². The van der Waals surface area contributed by atoms with E-state index >= 15 is 0 Å². The van der Waals surface area contributed by atoms with Crippen LogP contribution in [0.3, 0.4) is 0 Å². The van der Waals surface area contributed by atoms with Gasteiger partial charge in [-0.15, -0.1) is 0 Å². The molecule has 2 rings (SSSR count). The van der Waals surface area contributed by atoms with E-state index in [1.807, 2.05) is 12.1 Å². The fourth-order valence-electron chi connectivity index (χ4n) is 2.72. The summed E-state index contributed by atoms with van der Waals surface area (Å²) in [4.78, 5) is 0. The first-order valence-electron chi connectivity index (χ1n) is 8.14. The lowest BCUT2D eigenvalue weighted by Crippen LogP contribution is -1.95. The maximum Gasteiger partial charge on any atom is 0.115 e. The molecule has 0 heterocycles. The summed E-state index contributed by atoms with van der Waals surface area (Å²) in [5.74, 6) is 0.351. The van der Waals surface area contributed by atoms with Crippen LogP contribution in [0.25, 0.3) is 0 Å². The normalized spacial score (nSPS) is 10.7. The summed E-state index contributed by atoms with van der Waals surface area (Å²) in [7, 11) is 0. The number of phenolic OH excluding ortho intramolecular Hbond substituents is 1. The van der Waals surface area contributed by atoms with E-state index in [4.69, 9.17) is 0 Å². The third-order valence-corrected chi connectivity index (χ3v) is 4.02. The zero-order valence-corrected chi connectivity index (χ0v) is 13.0. The van der Waals surface area contributed by atoms with Gasteiger partial charge in [0.25, 0.3) is 0 Å². The molecule has 2 aromatic carbocycles. The maximum atomic E-state index is 9.28. The lowest BCUT2D eigenvalue weighted by atomic mass is 9.97. The molecule has 0 unspecified atom stereocenters. The van der Waals surface area contributed by atoms with Crippen LogP contribution >= 0.6 is 0 Å². The van der Waals surface area contributed by atoms with Gasteiger partial charge in [-0.25, -0.2) is 0 Å². The number of unbranched alkanes of at least 4 members (excludes halogenated alkanes) is 2. The van der Waals surface area contributed by atoms with Crippen LogP contribution in [0.1, 0.15) is 49.3 Å². The zero-order valence-electron chi connectivity index (χ0n) is 13.0. The number of rotatable bonds is 8. The third-order valence-electron chi connectivity index (χ3n) is 4.02. The van der Waals surface area contributed by atoms with Gasteiger partial charge < -0.3 is 5.11 Å². The Bertz CT molecular complexity index is 528. The summed E-state index contributed by atoms with van der Waals surface area (Å²) in [6, 6.07) is 16.5. The molecule has 21 heavy (non-hydrogen) atoms. The summed E-state index contributed by atoms with van der Waals surface area (Å²) < 4.78 is 0. The second kappa shape index (κ2) is 8.51. The minimum absolute atomic E-state index is 0.351. The van der Waals surface area contributed by atoms with E-state index in [1.165, 1.54) is 55.2 Å². The van der Waals surface area contributed by atoms with Crippen LogP contribution in [-0.4, -0.2) is 5.11 Å². The van der Waals surface area contributed by atoms with Gasteiger partial charge >= 0.3 is 0 Å². The average Bonchev–Trinajstić information content (AvgIpc) is 2.52. The molecule has 1 heteroatoms. The molecule has 1 N–H and O–H groups in total. The molecule has 0 aliphatic rings. The van der Waals surface area contributed by atoms with E-state index in [0.29, 0.717) is 5.75 Å². The molecule has 0 spiro atoms. The van der Waals surface area contributed by atoms with Crippen LogP contribution < -0.4 is 0 Å². The maximum absolute atomic E-state index is 9.28. The Morgan fingerprint density at radius 2 is 1.29 bits per heavy atom. The second-order valence-electron chi connectivity index (χ2n) is 5.75. The van der Waals surface area contributed by atoms with E-state index in [0.717, 1.165) is 6.42 Å². The van der Waals surface area contributed by atoms with Crippen molar-refractivity contribution in [2.75, 3.05) is 0 Å². The summed E-state index contributed by atoms with van der Waals surface area (Å²) in [6.07, 6.45) is 8.45. The van der Waals surface area contributed by atoms with Crippen molar-refractivity contribution in [1.82, 2.24) is 0 Å². The smallest absolute Gasteiger partial charge is 0.115 e. The minimum atomic E-state index is 0.351. The van der Waals surface area contributed by atoms with Gasteiger partial charge in [-0.3, -0.25) is 0 Å². The Morgan fingerprint density at radius 3 is 1.90 bits per heavy atom. The van der Waals surface area contributed by atoms with Gasteiger partial charge in [-0.2, -0.15) is 0 Å². The lowest BCUT2D eigenvalue weighted by molar-refractivity contribution is 0.475. The minimum Gasteiger partial charge on any atom is -0.508 e. The molecule has 0 atom stereocenters. The summed E-state index contributed by atoms with van der Waals surface area (Å²) in [5.41, 5.74) is 4.37. The van der Waals surface area contributed by atoms with Crippen molar-refractivity contribution in [1.29, 1.82) is 0 Å². The van der Waals surface area contributed by atoms with E-state index in [1.54, 1.807) is 12.1 Å². The van der Waals surface area contributed by atoms with Crippen LogP contribution in [-0.2, 0) is 19.3 Å². The van der Waals surface area contributed by atoms with Crippen molar-refractivity contribution in [2.45, 2.75) is 51.9 Å².